The van der Waals surface area contributed by atoms with Crippen molar-refractivity contribution >= 4 is 17.8 Å². The van der Waals surface area contributed by atoms with Crippen molar-refractivity contribution in [3.63, 3.8) is 0 Å². The summed E-state index contributed by atoms with van der Waals surface area (Å²) in [6.45, 7) is 4.09. The average Bonchev–Trinajstić information content (AvgIpc) is 3.28. The predicted molar refractivity (Wildman–Crippen MR) is 77.3 cm³/mol. The third-order valence-electron chi connectivity index (χ3n) is 3.36. The first-order chi connectivity index (χ1) is 10.1. The Morgan fingerprint density at radius 1 is 1.38 bits per heavy atom. The Morgan fingerprint density at radius 2 is 2.10 bits per heavy atom. The first-order valence-electron chi connectivity index (χ1n) is 7.05. The lowest BCUT2D eigenvalue weighted by atomic mass is 10.2. The van der Waals surface area contributed by atoms with E-state index in [9.17, 15) is 9.59 Å². The molecule has 6 heteroatoms. The molecule has 21 heavy (non-hydrogen) atoms. The van der Waals surface area contributed by atoms with Crippen LogP contribution < -0.4 is 4.90 Å². The molecule has 0 aromatic carbocycles. The van der Waals surface area contributed by atoms with Gasteiger partial charge in [-0.15, -0.1) is 0 Å². The summed E-state index contributed by atoms with van der Waals surface area (Å²) in [5, 5.41) is 0. The predicted octanol–water partition coefficient (Wildman–Crippen LogP) is 1.71. The Bertz CT molecular complexity index is 540. The molecule has 6 nitrogen and oxygen atoms in total. The van der Waals surface area contributed by atoms with Crippen LogP contribution in [-0.2, 0) is 14.3 Å². The van der Waals surface area contributed by atoms with Gasteiger partial charge in [-0.2, -0.15) is 0 Å². The molecule has 1 heterocycles. The summed E-state index contributed by atoms with van der Waals surface area (Å²) in [5.41, 5.74) is 1.03. The van der Waals surface area contributed by atoms with E-state index in [4.69, 9.17) is 9.47 Å². The zero-order valence-electron chi connectivity index (χ0n) is 12.6. The fraction of sp³-hybridized carbons (Fsp3) is 0.533. The summed E-state index contributed by atoms with van der Waals surface area (Å²) in [6, 6.07) is 3.76. The molecule has 1 fully saturated rings. The molecule has 1 aliphatic carbocycles. The molecule has 1 aromatic heterocycles. The average molecular weight is 292 g/mol. The lowest BCUT2D eigenvalue weighted by molar-refractivity contribution is -0.141. The van der Waals surface area contributed by atoms with Gasteiger partial charge in [-0.05, 0) is 38.8 Å². The minimum atomic E-state index is -0.407. The van der Waals surface area contributed by atoms with Crippen molar-refractivity contribution in [1.82, 2.24) is 4.98 Å². The number of aryl methyl sites for hydroxylation is 1. The van der Waals surface area contributed by atoms with Gasteiger partial charge in [0.05, 0.1) is 25.0 Å². The van der Waals surface area contributed by atoms with E-state index in [1.54, 1.807) is 26.0 Å². The monoisotopic (exact) mass is 292 g/mol. The quantitative estimate of drug-likeness (QED) is 0.743. The van der Waals surface area contributed by atoms with Gasteiger partial charge in [-0.3, -0.25) is 4.79 Å². The van der Waals surface area contributed by atoms with Crippen molar-refractivity contribution in [2.75, 3.05) is 25.2 Å². The number of rotatable bonds is 6. The lowest BCUT2D eigenvalue weighted by Crippen LogP contribution is -2.33. The molecule has 114 valence electrons. The summed E-state index contributed by atoms with van der Waals surface area (Å²) < 4.78 is 9.71. The minimum absolute atomic E-state index is 0.183. The number of nitrogens with zero attached hydrogens (tertiary/aromatic N) is 2. The van der Waals surface area contributed by atoms with Gasteiger partial charge in [0, 0.05) is 6.04 Å². The Labute approximate surface area is 124 Å². The summed E-state index contributed by atoms with van der Waals surface area (Å²) in [5.74, 6) is 0.0199. The van der Waals surface area contributed by atoms with Gasteiger partial charge in [0.15, 0.2) is 0 Å². The van der Waals surface area contributed by atoms with Gasteiger partial charge in [0.25, 0.3) is 0 Å². The number of methoxy groups -OCH3 is 1. The second kappa shape index (κ2) is 6.56. The smallest absolute Gasteiger partial charge is 0.339 e. The van der Waals surface area contributed by atoms with Gasteiger partial charge in [-0.1, -0.05) is 0 Å². The SMILES string of the molecule is CCOC(=O)CN(c1ccc(C(=O)OC)c(C)n1)C1CC1. The molecule has 0 saturated heterocycles. The van der Waals surface area contributed by atoms with E-state index in [1.807, 2.05) is 4.90 Å². The van der Waals surface area contributed by atoms with Crippen LogP contribution in [0.4, 0.5) is 5.82 Å². The molecule has 0 bridgehead atoms. The molecular formula is C15H20N2O4. The standard InChI is InChI=1S/C15H20N2O4/c1-4-21-14(18)9-17(11-5-6-11)13-8-7-12(10(2)16-13)15(19)20-3/h7-8,11H,4-6,9H2,1-3H3. The van der Waals surface area contributed by atoms with Crippen molar-refractivity contribution in [2.24, 2.45) is 0 Å². The fourth-order valence-electron chi connectivity index (χ4n) is 2.16. The molecular weight excluding hydrogens is 272 g/mol. The van der Waals surface area contributed by atoms with Crippen LogP contribution >= 0.6 is 0 Å². The molecule has 0 atom stereocenters. The molecule has 2 rings (SSSR count). The topological polar surface area (TPSA) is 68.7 Å². The van der Waals surface area contributed by atoms with E-state index in [0.29, 0.717) is 29.7 Å². The zero-order chi connectivity index (χ0) is 15.4. The number of ether oxygens (including phenoxy) is 2. The van der Waals surface area contributed by atoms with Crippen LogP contribution in [-0.4, -0.2) is 43.2 Å². The van der Waals surface area contributed by atoms with Gasteiger partial charge >= 0.3 is 11.9 Å². The highest BCUT2D eigenvalue weighted by atomic mass is 16.5. The highest BCUT2D eigenvalue weighted by Crippen LogP contribution is 2.31. The number of pyridine rings is 1. The third-order valence-corrected chi connectivity index (χ3v) is 3.36. The molecule has 0 amide bonds. The van der Waals surface area contributed by atoms with Crippen molar-refractivity contribution in [1.29, 1.82) is 0 Å². The maximum atomic E-state index is 11.7. The van der Waals surface area contributed by atoms with Crippen LogP contribution in [0.3, 0.4) is 0 Å². The molecule has 0 N–H and O–H groups in total. The molecule has 0 unspecified atom stereocenters. The maximum Gasteiger partial charge on any atom is 0.339 e. The summed E-state index contributed by atoms with van der Waals surface area (Å²) in [6.07, 6.45) is 2.08. The van der Waals surface area contributed by atoms with Gasteiger partial charge in [0.2, 0.25) is 0 Å². The highest BCUT2D eigenvalue weighted by molar-refractivity contribution is 5.90. The van der Waals surface area contributed by atoms with E-state index < -0.39 is 5.97 Å². The van der Waals surface area contributed by atoms with Crippen molar-refractivity contribution < 1.29 is 19.1 Å². The molecule has 1 aliphatic rings. The van der Waals surface area contributed by atoms with Crippen LogP contribution in [0.25, 0.3) is 0 Å². The van der Waals surface area contributed by atoms with Crippen molar-refractivity contribution in [2.45, 2.75) is 32.7 Å². The summed E-state index contributed by atoms with van der Waals surface area (Å²) in [7, 11) is 1.34. The van der Waals surface area contributed by atoms with E-state index in [-0.39, 0.29) is 12.5 Å². The summed E-state index contributed by atoms with van der Waals surface area (Å²) in [4.78, 5) is 29.6. The Balaban J connectivity index is 2.19. The van der Waals surface area contributed by atoms with Gasteiger partial charge in [-0.25, -0.2) is 9.78 Å². The Hall–Kier alpha value is -2.11. The van der Waals surface area contributed by atoms with Crippen LogP contribution in [0.15, 0.2) is 12.1 Å². The molecule has 1 saturated carbocycles. The highest BCUT2D eigenvalue weighted by Gasteiger charge is 2.32. The van der Waals surface area contributed by atoms with Crippen LogP contribution in [0, 0.1) is 6.92 Å². The van der Waals surface area contributed by atoms with E-state index in [2.05, 4.69) is 4.98 Å². The zero-order valence-corrected chi connectivity index (χ0v) is 12.6. The van der Waals surface area contributed by atoms with Crippen molar-refractivity contribution in [3.05, 3.63) is 23.4 Å². The van der Waals surface area contributed by atoms with E-state index in [0.717, 1.165) is 12.8 Å². The minimum Gasteiger partial charge on any atom is -0.465 e. The second-order valence-electron chi connectivity index (χ2n) is 4.96. The summed E-state index contributed by atoms with van der Waals surface area (Å²) >= 11 is 0. The van der Waals surface area contributed by atoms with Crippen LogP contribution in [0.1, 0.15) is 35.8 Å². The normalized spacial score (nSPS) is 13.7. The van der Waals surface area contributed by atoms with Crippen LogP contribution in [0.5, 0.6) is 0 Å². The number of carbonyl (C=O) groups is 2. The Kier molecular flexibility index (Phi) is 4.77. The number of esters is 2. The van der Waals surface area contributed by atoms with Crippen LogP contribution in [0.2, 0.25) is 0 Å². The second-order valence-corrected chi connectivity index (χ2v) is 4.96. The number of aromatic nitrogens is 1. The molecule has 1 aromatic rings. The van der Waals surface area contributed by atoms with E-state index >= 15 is 0 Å². The Morgan fingerprint density at radius 3 is 2.62 bits per heavy atom. The van der Waals surface area contributed by atoms with E-state index in [1.165, 1.54) is 7.11 Å². The lowest BCUT2D eigenvalue weighted by Gasteiger charge is -2.23. The van der Waals surface area contributed by atoms with Gasteiger partial charge in [0.1, 0.15) is 12.4 Å². The maximum absolute atomic E-state index is 11.7. The molecule has 0 spiro atoms. The molecule has 0 radical (unpaired) electrons. The fourth-order valence-corrected chi connectivity index (χ4v) is 2.16. The number of anilines is 1. The number of hydrogen-bond acceptors (Lipinski definition) is 6. The van der Waals surface area contributed by atoms with Crippen molar-refractivity contribution in [3.8, 4) is 0 Å². The number of hydrogen-bond donors (Lipinski definition) is 0. The van der Waals surface area contributed by atoms with Gasteiger partial charge < -0.3 is 14.4 Å². The first kappa shape index (κ1) is 15.3. The third kappa shape index (κ3) is 3.71. The number of carbonyl (C=O) groups excluding carboxylic acids is 2. The first-order valence-corrected chi connectivity index (χ1v) is 7.05. The molecule has 0 aliphatic heterocycles. The largest absolute Gasteiger partial charge is 0.465 e.